The topological polar surface area (TPSA) is 63.2 Å². The average Bonchev–Trinajstić information content (AvgIpc) is 2.72. The van der Waals surface area contributed by atoms with Gasteiger partial charge in [-0.15, -0.1) is 0 Å². The van der Waals surface area contributed by atoms with E-state index in [4.69, 9.17) is 4.74 Å². The molecule has 0 unspecified atom stereocenters. The van der Waals surface area contributed by atoms with E-state index >= 15 is 0 Å². The maximum absolute atomic E-state index is 12.4. The van der Waals surface area contributed by atoms with E-state index in [-0.39, 0.29) is 5.91 Å². The summed E-state index contributed by atoms with van der Waals surface area (Å²) in [6, 6.07) is 17.7. The highest BCUT2D eigenvalue weighted by molar-refractivity contribution is 5.94. The van der Waals surface area contributed by atoms with E-state index in [1.54, 1.807) is 19.5 Å². The molecule has 1 aromatic heterocycles. The molecule has 0 spiro atoms. The highest BCUT2D eigenvalue weighted by Crippen LogP contribution is 2.13. The molecule has 5 heteroatoms. The van der Waals surface area contributed by atoms with Gasteiger partial charge in [0.1, 0.15) is 5.75 Å². The van der Waals surface area contributed by atoms with Crippen LogP contribution in [0.15, 0.2) is 67.0 Å². The van der Waals surface area contributed by atoms with Crippen LogP contribution >= 0.6 is 0 Å². The van der Waals surface area contributed by atoms with Crippen LogP contribution in [0.25, 0.3) is 0 Å². The number of nitrogens with zero attached hydrogens (tertiary/aromatic N) is 1. The maximum Gasteiger partial charge on any atom is 0.253 e. The highest BCUT2D eigenvalue weighted by Gasteiger charge is 2.07. The maximum atomic E-state index is 12.4. The van der Waals surface area contributed by atoms with Crippen molar-refractivity contribution in [3.63, 3.8) is 0 Å². The van der Waals surface area contributed by atoms with Crippen LogP contribution in [0.5, 0.6) is 5.75 Å². The van der Waals surface area contributed by atoms with Crippen molar-refractivity contribution in [1.82, 2.24) is 10.3 Å². The molecule has 2 aromatic carbocycles. The van der Waals surface area contributed by atoms with E-state index in [9.17, 15) is 4.79 Å². The Bertz CT molecular complexity index is 890. The van der Waals surface area contributed by atoms with E-state index in [2.05, 4.69) is 46.8 Å². The number of methoxy groups -OCH3 is 1. The molecule has 138 valence electrons. The van der Waals surface area contributed by atoms with Crippen LogP contribution < -0.4 is 15.4 Å². The third-order valence-corrected chi connectivity index (χ3v) is 4.23. The van der Waals surface area contributed by atoms with Crippen molar-refractivity contribution in [2.75, 3.05) is 12.4 Å². The van der Waals surface area contributed by atoms with E-state index in [1.165, 1.54) is 11.1 Å². The van der Waals surface area contributed by atoms with Crippen LogP contribution in [0.2, 0.25) is 0 Å². The summed E-state index contributed by atoms with van der Waals surface area (Å²) in [5, 5.41) is 6.22. The molecule has 0 aliphatic rings. The first kappa shape index (κ1) is 18.5. The van der Waals surface area contributed by atoms with Crippen molar-refractivity contribution in [3.05, 3.63) is 89.2 Å². The summed E-state index contributed by atoms with van der Waals surface area (Å²) in [4.78, 5) is 16.6. The fraction of sp³-hybridized carbons (Fsp3) is 0.182. The number of rotatable bonds is 7. The summed E-state index contributed by atoms with van der Waals surface area (Å²) in [5.41, 5.74) is 4.75. The second-order valence-electron chi connectivity index (χ2n) is 6.33. The molecule has 2 N–H and O–H groups in total. The third-order valence-electron chi connectivity index (χ3n) is 4.23. The number of pyridine rings is 1. The van der Waals surface area contributed by atoms with Crippen molar-refractivity contribution >= 4 is 11.6 Å². The summed E-state index contributed by atoms with van der Waals surface area (Å²) >= 11 is 0. The van der Waals surface area contributed by atoms with E-state index in [0.717, 1.165) is 17.0 Å². The van der Waals surface area contributed by atoms with Gasteiger partial charge < -0.3 is 15.4 Å². The predicted octanol–water partition coefficient (Wildman–Crippen LogP) is 3.94. The van der Waals surface area contributed by atoms with Crippen molar-refractivity contribution in [3.8, 4) is 5.75 Å². The molecule has 0 aliphatic carbocycles. The number of amides is 1. The average molecular weight is 361 g/mol. The van der Waals surface area contributed by atoms with Crippen LogP contribution in [-0.2, 0) is 13.1 Å². The van der Waals surface area contributed by atoms with Gasteiger partial charge in [-0.05, 0) is 36.2 Å². The quantitative estimate of drug-likeness (QED) is 0.669. The normalized spacial score (nSPS) is 10.3. The van der Waals surface area contributed by atoms with Gasteiger partial charge in [0.15, 0.2) is 0 Å². The first-order valence-electron chi connectivity index (χ1n) is 8.79. The zero-order chi connectivity index (χ0) is 19.1. The molecule has 1 amide bonds. The number of nitrogens with one attached hydrogen (secondary N) is 2. The Balaban J connectivity index is 1.56. The molecular weight excluding hydrogens is 338 g/mol. The first-order valence-corrected chi connectivity index (χ1v) is 8.79. The number of carbonyl (C=O) groups is 1. The minimum atomic E-state index is -0.155. The van der Waals surface area contributed by atoms with Crippen LogP contribution in [0.4, 0.5) is 5.69 Å². The van der Waals surface area contributed by atoms with Gasteiger partial charge in [-0.1, -0.05) is 42.0 Å². The minimum absolute atomic E-state index is 0.155. The highest BCUT2D eigenvalue weighted by atomic mass is 16.5. The zero-order valence-electron chi connectivity index (χ0n) is 15.5. The molecule has 3 rings (SSSR count). The summed E-state index contributed by atoms with van der Waals surface area (Å²) in [5.74, 6) is 0.638. The molecule has 0 saturated carbocycles. The Morgan fingerprint density at radius 1 is 0.963 bits per heavy atom. The molecule has 0 bridgehead atoms. The lowest BCUT2D eigenvalue weighted by molar-refractivity contribution is 0.0950. The van der Waals surface area contributed by atoms with Gasteiger partial charge in [0.2, 0.25) is 0 Å². The molecule has 0 saturated heterocycles. The molecular formula is C22H23N3O2. The van der Waals surface area contributed by atoms with Crippen molar-refractivity contribution in [1.29, 1.82) is 0 Å². The number of hydrogen-bond acceptors (Lipinski definition) is 4. The van der Waals surface area contributed by atoms with Gasteiger partial charge in [-0.3, -0.25) is 9.78 Å². The van der Waals surface area contributed by atoms with E-state index in [1.807, 2.05) is 30.3 Å². The van der Waals surface area contributed by atoms with Gasteiger partial charge in [0.25, 0.3) is 5.91 Å². The van der Waals surface area contributed by atoms with Gasteiger partial charge in [0, 0.05) is 25.5 Å². The Hall–Kier alpha value is -3.34. The van der Waals surface area contributed by atoms with Crippen LogP contribution in [0, 0.1) is 6.92 Å². The fourth-order valence-corrected chi connectivity index (χ4v) is 2.60. The smallest absolute Gasteiger partial charge is 0.253 e. The molecule has 3 aromatic rings. The van der Waals surface area contributed by atoms with Gasteiger partial charge in [-0.25, -0.2) is 0 Å². The molecule has 0 radical (unpaired) electrons. The van der Waals surface area contributed by atoms with Crippen molar-refractivity contribution in [2.45, 2.75) is 20.0 Å². The van der Waals surface area contributed by atoms with E-state index in [0.29, 0.717) is 18.7 Å². The summed E-state index contributed by atoms with van der Waals surface area (Å²) in [6.07, 6.45) is 3.29. The summed E-state index contributed by atoms with van der Waals surface area (Å²) < 4.78 is 5.14. The Morgan fingerprint density at radius 2 is 1.63 bits per heavy atom. The number of benzene rings is 2. The lowest BCUT2D eigenvalue weighted by atomic mass is 10.1. The lowest BCUT2D eigenvalue weighted by Gasteiger charge is -2.09. The second-order valence-corrected chi connectivity index (χ2v) is 6.33. The number of aryl methyl sites for hydroxylation is 1. The standard InChI is InChI=1S/C22H23N3O2/c1-16-3-5-17(6-4-16)12-24-20-11-19(14-23-15-20)22(26)25-13-18-7-9-21(27-2)10-8-18/h3-11,14-15,24H,12-13H2,1-2H3,(H,25,26). The van der Waals surface area contributed by atoms with Crippen LogP contribution in [0.3, 0.4) is 0 Å². The van der Waals surface area contributed by atoms with Crippen LogP contribution in [-0.4, -0.2) is 18.0 Å². The molecule has 0 atom stereocenters. The minimum Gasteiger partial charge on any atom is -0.497 e. The van der Waals surface area contributed by atoms with Gasteiger partial charge in [-0.2, -0.15) is 0 Å². The van der Waals surface area contributed by atoms with E-state index < -0.39 is 0 Å². The number of carbonyl (C=O) groups excluding carboxylic acids is 1. The molecule has 1 heterocycles. The Labute approximate surface area is 159 Å². The molecule has 5 nitrogen and oxygen atoms in total. The SMILES string of the molecule is COc1ccc(CNC(=O)c2cncc(NCc3ccc(C)cc3)c2)cc1. The van der Waals surface area contributed by atoms with Crippen molar-refractivity contribution in [2.24, 2.45) is 0 Å². The Morgan fingerprint density at radius 3 is 2.33 bits per heavy atom. The zero-order valence-corrected chi connectivity index (χ0v) is 15.5. The van der Waals surface area contributed by atoms with Crippen LogP contribution in [0.1, 0.15) is 27.0 Å². The third kappa shape index (κ3) is 5.31. The lowest BCUT2D eigenvalue weighted by Crippen LogP contribution is -2.23. The second kappa shape index (κ2) is 8.85. The predicted molar refractivity (Wildman–Crippen MR) is 107 cm³/mol. The van der Waals surface area contributed by atoms with Crippen molar-refractivity contribution < 1.29 is 9.53 Å². The number of aromatic nitrogens is 1. The molecule has 27 heavy (non-hydrogen) atoms. The Kier molecular flexibility index (Phi) is 6.05. The number of anilines is 1. The van der Waals surface area contributed by atoms with Gasteiger partial charge in [0.05, 0.1) is 18.4 Å². The summed E-state index contributed by atoms with van der Waals surface area (Å²) in [6.45, 7) is 3.19. The monoisotopic (exact) mass is 361 g/mol. The fourth-order valence-electron chi connectivity index (χ4n) is 2.60. The largest absolute Gasteiger partial charge is 0.497 e. The molecule has 0 fully saturated rings. The number of ether oxygens (including phenoxy) is 1. The van der Waals surface area contributed by atoms with Gasteiger partial charge >= 0.3 is 0 Å². The first-order chi connectivity index (χ1) is 13.1. The molecule has 0 aliphatic heterocycles. The number of hydrogen-bond donors (Lipinski definition) is 2. The summed E-state index contributed by atoms with van der Waals surface area (Å²) in [7, 11) is 1.63.